The van der Waals surface area contributed by atoms with E-state index in [2.05, 4.69) is 0 Å². The number of fused-ring (bicyclic) bond motifs is 1. The van der Waals surface area contributed by atoms with Crippen molar-refractivity contribution in [3.8, 4) is 5.75 Å². The predicted molar refractivity (Wildman–Crippen MR) is 79.9 cm³/mol. The third kappa shape index (κ3) is 2.68. The molecule has 1 atom stereocenters. The zero-order chi connectivity index (χ0) is 15.0. The number of aryl methyl sites for hydroxylation is 1. The van der Waals surface area contributed by atoms with Crippen molar-refractivity contribution in [1.29, 1.82) is 0 Å². The molecule has 0 N–H and O–H groups in total. The molecule has 2 heterocycles. The Kier molecular flexibility index (Phi) is 3.72. The molecular formula is C17H20O4. The molecular weight excluding hydrogens is 268 g/mol. The van der Waals surface area contributed by atoms with Crippen LogP contribution in [0.2, 0.25) is 0 Å². The van der Waals surface area contributed by atoms with Crippen LogP contribution in [0.25, 0.3) is 11.0 Å². The summed E-state index contributed by atoms with van der Waals surface area (Å²) < 4.78 is 17.3. The Morgan fingerprint density at radius 3 is 2.71 bits per heavy atom. The maximum atomic E-state index is 11.5. The summed E-state index contributed by atoms with van der Waals surface area (Å²) >= 11 is 0. The van der Waals surface area contributed by atoms with Gasteiger partial charge in [-0.25, -0.2) is 0 Å². The van der Waals surface area contributed by atoms with Crippen molar-refractivity contribution < 1.29 is 18.7 Å². The zero-order valence-electron chi connectivity index (χ0n) is 12.7. The van der Waals surface area contributed by atoms with Crippen LogP contribution in [0.3, 0.4) is 0 Å². The lowest BCUT2D eigenvalue weighted by Crippen LogP contribution is -2.25. The number of ketones is 1. The quantitative estimate of drug-likeness (QED) is 0.796. The van der Waals surface area contributed by atoms with Gasteiger partial charge in [0.05, 0.1) is 6.61 Å². The third-order valence-corrected chi connectivity index (χ3v) is 4.06. The molecule has 4 heteroatoms. The molecule has 1 fully saturated rings. The lowest BCUT2D eigenvalue weighted by molar-refractivity contribution is -0.106. The van der Waals surface area contributed by atoms with E-state index in [-0.39, 0.29) is 12.1 Å². The number of ether oxygens (including phenoxy) is 2. The molecule has 0 aliphatic carbocycles. The summed E-state index contributed by atoms with van der Waals surface area (Å²) in [6, 6.07) is 3.71. The molecule has 1 aliphatic rings. The van der Waals surface area contributed by atoms with Crippen molar-refractivity contribution in [1.82, 2.24) is 0 Å². The number of hydrogen-bond donors (Lipinski definition) is 0. The molecule has 1 aromatic carbocycles. The van der Waals surface area contributed by atoms with Gasteiger partial charge in [0.15, 0.2) is 17.8 Å². The Bertz CT molecular complexity index is 678. The Morgan fingerprint density at radius 1 is 1.24 bits per heavy atom. The van der Waals surface area contributed by atoms with Gasteiger partial charge in [-0.1, -0.05) is 0 Å². The summed E-state index contributed by atoms with van der Waals surface area (Å²) in [5.74, 6) is 1.13. The average molecular weight is 288 g/mol. The highest BCUT2D eigenvalue weighted by atomic mass is 16.7. The smallest absolute Gasteiger partial charge is 0.199 e. The molecule has 0 amide bonds. The summed E-state index contributed by atoms with van der Waals surface area (Å²) in [5, 5.41) is 0.897. The number of carbonyl (C=O) groups excluding carboxylic acids is 1. The fourth-order valence-electron chi connectivity index (χ4n) is 2.65. The number of benzene rings is 1. The number of hydrogen-bond acceptors (Lipinski definition) is 4. The van der Waals surface area contributed by atoms with Crippen LogP contribution >= 0.6 is 0 Å². The Labute approximate surface area is 124 Å². The third-order valence-electron chi connectivity index (χ3n) is 4.06. The molecule has 4 nitrogen and oxygen atoms in total. The van der Waals surface area contributed by atoms with Crippen molar-refractivity contribution in [3.63, 3.8) is 0 Å². The van der Waals surface area contributed by atoms with Crippen molar-refractivity contribution in [3.05, 3.63) is 29.0 Å². The van der Waals surface area contributed by atoms with Gasteiger partial charge in [0, 0.05) is 18.7 Å². The van der Waals surface area contributed by atoms with Gasteiger partial charge in [-0.05, 0) is 49.9 Å². The van der Waals surface area contributed by atoms with Crippen LogP contribution < -0.4 is 4.74 Å². The molecule has 0 bridgehead atoms. The van der Waals surface area contributed by atoms with Crippen molar-refractivity contribution >= 4 is 16.8 Å². The van der Waals surface area contributed by atoms with E-state index in [0.717, 1.165) is 53.7 Å². The molecule has 112 valence electrons. The van der Waals surface area contributed by atoms with E-state index in [9.17, 15) is 4.79 Å². The molecule has 1 saturated heterocycles. The van der Waals surface area contributed by atoms with E-state index in [4.69, 9.17) is 13.9 Å². The van der Waals surface area contributed by atoms with E-state index in [1.807, 2.05) is 19.9 Å². The topological polar surface area (TPSA) is 48.7 Å². The lowest BCUT2D eigenvalue weighted by Gasteiger charge is -2.24. The molecule has 0 spiro atoms. The van der Waals surface area contributed by atoms with Gasteiger partial charge in [0.25, 0.3) is 0 Å². The van der Waals surface area contributed by atoms with Crippen molar-refractivity contribution in [2.45, 2.75) is 46.3 Å². The molecule has 21 heavy (non-hydrogen) atoms. The predicted octanol–water partition coefficient (Wildman–Crippen LogP) is 4.16. The molecule has 1 aliphatic heterocycles. The average Bonchev–Trinajstić information content (AvgIpc) is 2.90. The van der Waals surface area contributed by atoms with Gasteiger partial charge in [-0.2, -0.15) is 0 Å². The summed E-state index contributed by atoms with van der Waals surface area (Å²) in [5.41, 5.74) is 2.79. The van der Waals surface area contributed by atoms with E-state index in [1.54, 1.807) is 6.07 Å². The van der Waals surface area contributed by atoms with Crippen molar-refractivity contribution in [2.75, 3.05) is 6.61 Å². The molecule has 0 saturated carbocycles. The van der Waals surface area contributed by atoms with Crippen LogP contribution in [0, 0.1) is 13.8 Å². The van der Waals surface area contributed by atoms with E-state index in [1.165, 1.54) is 6.92 Å². The van der Waals surface area contributed by atoms with Crippen molar-refractivity contribution in [2.24, 2.45) is 0 Å². The molecule has 1 unspecified atom stereocenters. The fraction of sp³-hybridized carbons (Fsp3) is 0.471. The highest BCUT2D eigenvalue weighted by Crippen LogP contribution is 2.33. The van der Waals surface area contributed by atoms with Crippen LogP contribution in [0.4, 0.5) is 0 Å². The second-order valence-electron chi connectivity index (χ2n) is 5.62. The van der Waals surface area contributed by atoms with Crippen LogP contribution in [0.15, 0.2) is 16.5 Å². The first-order chi connectivity index (χ1) is 10.1. The number of furan rings is 1. The molecule has 3 rings (SSSR count). The largest absolute Gasteiger partial charge is 0.465 e. The first kappa shape index (κ1) is 14.1. The highest BCUT2D eigenvalue weighted by molar-refractivity contribution is 5.97. The lowest BCUT2D eigenvalue weighted by atomic mass is 10.1. The summed E-state index contributed by atoms with van der Waals surface area (Å²) in [4.78, 5) is 11.5. The first-order valence-electron chi connectivity index (χ1n) is 7.39. The molecule has 1 aromatic heterocycles. The van der Waals surface area contributed by atoms with E-state index >= 15 is 0 Å². The second-order valence-corrected chi connectivity index (χ2v) is 5.62. The van der Waals surface area contributed by atoms with E-state index < -0.39 is 0 Å². The Balaban J connectivity index is 1.98. The Hall–Kier alpha value is -1.81. The molecule has 2 aromatic rings. The van der Waals surface area contributed by atoms with Crippen LogP contribution in [0.1, 0.15) is 47.9 Å². The first-order valence-corrected chi connectivity index (χ1v) is 7.39. The minimum atomic E-state index is -0.173. The minimum Gasteiger partial charge on any atom is -0.465 e. The highest BCUT2D eigenvalue weighted by Gasteiger charge is 2.19. The van der Waals surface area contributed by atoms with Gasteiger partial charge in [0.2, 0.25) is 0 Å². The zero-order valence-corrected chi connectivity index (χ0v) is 12.7. The maximum Gasteiger partial charge on any atom is 0.199 e. The number of rotatable bonds is 3. The monoisotopic (exact) mass is 288 g/mol. The molecule has 0 radical (unpaired) electrons. The SMILES string of the molecule is CC(=O)c1cc2cc(OC3CCCCO3)c(C)c(C)c2o1. The van der Waals surface area contributed by atoms with Gasteiger partial charge in [0.1, 0.15) is 11.3 Å². The van der Waals surface area contributed by atoms with Gasteiger partial charge in [-0.3, -0.25) is 4.79 Å². The van der Waals surface area contributed by atoms with E-state index in [0.29, 0.717) is 5.76 Å². The fourth-order valence-corrected chi connectivity index (χ4v) is 2.65. The Morgan fingerprint density at radius 2 is 2.05 bits per heavy atom. The van der Waals surface area contributed by atoms with Crippen LogP contribution in [0.5, 0.6) is 5.75 Å². The van der Waals surface area contributed by atoms with Crippen LogP contribution in [-0.2, 0) is 4.74 Å². The van der Waals surface area contributed by atoms with Crippen LogP contribution in [-0.4, -0.2) is 18.7 Å². The van der Waals surface area contributed by atoms with Gasteiger partial charge < -0.3 is 13.9 Å². The normalized spacial score (nSPS) is 18.9. The second kappa shape index (κ2) is 5.53. The minimum absolute atomic E-state index is 0.0682. The number of carbonyl (C=O) groups is 1. The summed E-state index contributed by atoms with van der Waals surface area (Å²) in [6.07, 6.45) is 2.97. The summed E-state index contributed by atoms with van der Waals surface area (Å²) in [6.45, 7) is 6.25. The van der Waals surface area contributed by atoms with Gasteiger partial charge in [-0.15, -0.1) is 0 Å². The summed E-state index contributed by atoms with van der Waals surface area (Å²) in [7, 11) is 0. The number of Topliss-reactive ketones (excluding diaryl/α,β-unsaturated/α-hetero) is 1. The standard InChI is InChI=1S/C17H20O4/c1-10-11(2)17-13(9-15(21-17)12(3)18)8-14(10)20-16-6-4-5-7-19-16/h8-9,16H,4-7H2,1-3H3. The maximum absolute atomic E-state index is 11.5. The van der Waals surface area contributed by atoms with Gasteiger partial charge >= 0.3 is 0 Å².